The molecule has 27 heavy (non-hydrogen) atoms. The number of anilines is 3. The Kier molecular flexibility index (Phi) is 5.08. The minimum atomic E-state index is -4.55. The van der Waals surface area contributed by atoms with E-state index in [9.17, 15) is 18.4 Å². The second kappa shape index (κ2) is 7.31. The number of hydrogen-bond acceptors (Lipinski definition) is 6. The number of aromatic nitrogens is 2. The van der Waals surface area contributed by atoms with E-state index in [2.05, 4.69) is 14.9 Å². The van der Waals surface area contributed by atoms with Gasteiger partial charge in [0, 0.05) is 46.3 Å². The first-order valence-corrected chi connectivity index (χ1v) is 8.41. The molecule has 0 saturated carbocycles. The maximum Gasteiger partial charge on any atom is 0.417 e. The molecule has 0 atom stereocenters. The van der Waals surface area contributed by atoms with Crippen molar-refractivity contribution in [2.45, 2.75) is 6.18 Å². The van der Waals surface area contributed by atoms with Crippen LogP contribution in [-0.2, 0) is 6.18 Å². The number of benzene rings is 1. The molecule has 0 bridgehead atoms. The highest BCUT2D eigenvalue weighted by molar-refractivity contribution is 5.64. The maximum atomic E-state index is 13.2. The van der Waals surface area contributed by atoms with Crippen LogP contribution in [0, 0.1) is 11.3 Å². The largest absolute Gasteiger partial charge is 0.417 e. The molecule has 142 valence electrons. The van der Waals surface area contributed by atoms with Gasteiger partial charge in [-0.25, -0.2) is 9.97 Å². The summed E-state index contributed by atoms with van der Waals surface area (Å²) in [4.78, 5) is 14.2. The van der Waals surface area contributed by atoms with Crippen molar-refractivity contribution in [3.05, 3.63) is 41.7 Å². The van der Waals surface area contributed by atoms with Gasteiger partial charge in [0.25, 0.3) is 0 Å². The van der Waals surface area contributed by atoms with Gasteiger partial charge in [0.1, 0.15) is 24.0 Å². The lowest BCUT2D eigenvalue weighted by molar-refractivity contribution is -0.137. The molecule has 3 rings (SSSR count). The van der Waals surface area contributed by atoms with Gasteiger partial charge in [-0.3, -0.25) is 0 Å². The monoisotopic (exact) mass is 376 g/mol. The summed E-state index contributed by atoms with van der Waals surface area (Å²) in [5.74, 6) is 1.56. The lowest BCUT2D eigenvalue weighted by Gasteiger charge is -2.37. The van der Waals surface area contributed by atoms with Gasteiger partial charge < -0.3 is 14.7 Å². The Labute approximate surface area is 155 Å². The number of hydrogen-bond donors (Lipinski definition) is 0. The number of alkyl halides is 3. The van der Waals surface area contributed by atoms with E-state index in [1.54, 1.807) is 12.1 Å². The molecule has 0 N–H and O–H groups in total. The zero-order valence-electron chi connectivity index (χ0n) is 15.0. The zero-order chi connectivity index (χ0) is 19.6. The summed E-state index contributed by atoms with van der Waals surface area (Å²) in [7, 11) is 3.78. The van der Waals surface area contributed by atoms with Crippen LogP contribution in [0.2, 0.25) is 0 Å². The molecular weight excluding hydrogens is 357 g/mol. The first kappa shape index (κ1) is 18.8. The van der Waals surface area contributed by atoms with Crippen LogP contribution in [0.1, 0.15) is 11.1 Å². The van der Waals surface area contributed by atoms with E-state index in [0.29, 0.717) is 31.9 Å². The van der Waals surface area contributed by atoms with Crippen LogP contribution in [0.15, 0.2) is 30.6 Å². The SMILES string of the molecule is CN(C)c1cc(N2CCN(c3cccc(C(F)(F)F)c3C#N)CC2)ncn1. The van der Waals surface area contributed by atoms with Gasteiger partial charge in [0.15, 0.2) is 0 Å². The standard InChI is InChI=1S/C18H19F3N6/c1-25(2)16-10-17(24-12-23-16)27-8-6-26(7-9-27)15-5-3-4-14(13(15)11-22)18(19,20)21/h3-5,10,12H,6-9H2,1-2H3. The normalized spacial score (nSPS) is 14.8. The topological polar surface area (TPSA) is 59.3 Å². The van der Waals surface area contributed by atoms with Crippen LogP contribution >= 0.6 is 0 Å². The predicted octanol–water partition coefficient (Wildman–Crippen LogP) is 2.76. The summed E-state index contributed by atoms with van der Waals surface area (Å²) in [6.07, 6.45) is -3.05. The van der Waals surface area contributed by atoms with Gasteiger partial charge in [-0.15, -0.1) is 0 Å². The van der Waals surface area contributed by atoms with Crippen LogP contribution in [0.5, 0.6) is 0 Å². The van der Waals surface area contributed by atoms with Crippen molar-refractivity contribution >= 4 is 17.3 Å². The molecular formula is C18H19F3N6. The van der Waals surface area contributed by atoms with Crippen LogP contribution < -0.4 is 14.7 Å². The summed E-state index contributed by atoms with van der Waals surface area (Å²) < 4.78 is 39.5. The molecule has 0 aliphatic carbocycles. The Bertz CT molecular complexity index is 851. The summed E-state index contributed by atoms with van der Waals surface area (Å²) in [6.45, 7) is 2.17. The molecule has 9 heteroatoms. The fourth-order valence-corrected chi connectivity index (χ4v) is 3.09. The minimum Gasteiger partial charge on any atom is -0.367 e. The Morgan fingerprint density at radius 1 is 1.07 bits per heavy atom. The summed E-state index contributed by atoms with van der Waals surface area (Å²) in [5.41, 5.74) is -0.893. The van der Waals surface area contributed by atoms with Crippen LogP contribution in [0.3, 0.4) is 0 Å². The number of nitrogens with zero attached hydrogens (tertiary/aromatic N) is 6. The van der Waals surface area contributed by atoms with Crippen molar-refractivity contribution in [2.75, 3.05) is 55.0 Å². The molecule has 2 aromatic rings. The van der Waals surface area contributed by atoms with Gasteiger partial charge in [0.2, 0.25) is 0 Å². The molecule has 0 spiro atoms. The number of piperazine rings is 1. The van der Waals surface area contributed by atoms with Gasteiger partial charge in [-0.1, -0.05) is 6.07 Å². The molecule has 1 saturated heterocycles. The molecule has 1 aromatic carbocycles. The first-order chi connectivity index (χ1) is 12.8. The van der Waals surface area contributed by atoms with Crippen molar-refractivity contribution in [1.82, 2.24) is 9.97 Å². The van der Waals surface area contributed by atoms with E-state index in [1.807, 2.05) is 30.0 Å². The summed E-state index contributed by atoms with van der Waals surface area (Å²) in [5, 5.41) is 9.30. The molecule has 2 heterocycles. The third kappa shape index (κ3) is 3.89. The molecule has 1 aromatic heterocycles. The van der Waals surface area contributed by atoms with Gasteiger partial charge in [0.05, 0.1) is 16.8 Å². The van der Waals surface area contributed by atoms with E-state index >= 15 is 0 Å². The third-order valence-corrected chi connectivity index (χ3v) is 4.50. The highest BCUT2D eigenvalue weighted by Gasteiger charge is 2.35. The number of halogens is 3. The van der Waals surface area contributed by atoms with E-state index < -0.39 is 11.7 Å². The Morgan fingerprint density at radius 2 is 1.74 bits per heavy atom. The Hall–Kier alpha value is -3.02. The van der Waals surface area contributed by atoms with Crippen LogP contribution in [-0.4, -0.2) is 50.2 Å². The first-order valence-electron chi connectivity index (χ1n) is 8.41. The highest BCUT2D eigenvalue weighted by Crippen LogP contribution is 2.36. The molecule has 0 amide bonds. The predicted molar refractivity (Wildman–Crippen MR) is 96.9 cm³/mol. The quantitative estimate of drug-likeness (QED) is 0.821. The molecule has 1 fully saturated rings. The van der Waals surface area contributed by atoms with Crippen molar-refractivity contribution in [1.29, 1.82) is 5.26 Å². The Balaban J connectivity index is 1.79. The summed E-state index contributed by atoms with van der Waals surface area (Å²) in [6, 6.07) is 7.47. The smallest absolute Gasteiger partial charge is 0.367 e. The second-order valence-corrected chi connectivity index (χ2v) is 6.41. The second-order valence-electron chi connectivity index (χ2n) is 6.41. The molecule has 1 aliphatic heterocycles. The zero-order valence-corrected chi connectivity index (χ0v) is 15.0. The molecule has 1 aliphatic rings. The van der Waals surface area contributed by atoms with E-state index in [-0.39, 0.29) is 5.56 Å². The highest BCUT2D eigenvalue weighted by atomic mass is 19.4. The lowest BCUT2D eigenvalue weighted by atomic mass is 10.0. The van der Waals surface area contributed by atoms with Gasteiger partial charge in [-0.05, 0) is 12.1 Å². The average molecular weight is 376 g/mol. The number of nitriles is 1. The fraction of sp³-hybridized carbons (Fsp3) is 0.389. The average Bonchev–Trinajstić information content (AvgIpc) is 2.67. The van der Waals surface area contributed by atoms with E-state index in [1.165, 1.54) is 12.4 Å². The van der Waals surface area contributed by atoms with Gasteiger partial charge >= 0.3 is 6.18 Å². The van der Waals surface area contributed by atoms with Crippen molar-refractivity contribution in [3.8, 4) is 6.07 Å². The minimum absolute atomic E-state index is 0.323. The third-order valence-electron chi connectivity index (χ3n) is 4.50. The van der Waals surface area contributed by atoms with Crippen molar-refractivity contribution in [2.24, 2.45) is 0 Å². The fourth-order valence-electron chi connectivity index (χ4n) is 3.09. The van der Waals surface area contributed by atoms with Gasteiger partial charge in [-0.2, -0.15) is 18.4 Å². The van der Waals surface area contributed by atoms with E-state index in [4.69, 9.17) is 0 Å². The summed E-state index contributed by atoms with van der Waals surface area (Å²) >= 11 is 0. The van der Waals surface area contributed by atoms with Crippen LogP contribution in [0.4, 0.5) is 30.5 Å². The lowest BCUT2D eigenvalue weighted by Crippen LogP contribution is -2.47. The number of rotatable bonds is 3. The Morgan fingerprint density at radius 3 is 2.33 bits per heavy atom. The molecule has 0 radical (unpaired) electrons. The van der Waals surface area contributed by atoms with Crippen LogP contribution in [0.25, 0.3) is 0 Å². The molecule has 0 unspecified atom stereocenters. The molecule has 6 nitrogen and oxygen atoms in total. The van der Waals surface area contributed by atoms with E-state index in [0.717, 1.165) is 17.7 Å². The maximum absolute atomic E-state index is 13.2. The van der Waals surface area contributed by atoms with Crippen molar-refractivity contribution in [3.63, 3.8) is 0 Å². The van der Waals surface area contributed by atoms with Crippen molar-refractivity contribution < 1.29 is 13.2 Å².